The molecule has 0 fully saturated rings. The van der Waals surface area contributed by atoms with E-state index in [1.807, 2.05) is 38.3 Å². The number of thioether (sulfide) groups is 1. The third-order valence-electron chi connectivity index (χ3n) is 3.55. The van der Waals surface area contributed by atoms with Gasteiger partial charge in [-0.1, -0.05) is 38.6 Å². The number of hydrogen-bond acceptors (Lipinski definition) is 5. The fraction of sp³-hybridized carbons (Fsp3) is 0.500. The Balaban J connectivity index is 1.86. The number of carbonyl (C=O) groups is 1. The predicted molar refractivity (Wildman–Crippen MR) is 102 cm³/mol. The highest BCUT2D eigenvalue weighted by atomic mass is 32.2. The number of alkyl halides is 3. The van der Waals surface area contributed by atoms with Crippen molar-refractivity contribution in [3.05, 3.63) is 39.8 Å². The lowest BCUT2D eigenvalue weighted by atomic mass is 9.91. The summed E-state index contributed by atoms with van der Waals surface area (Å²) in [4.78, 5) is 20.7. The molecule has 0 saturated carbocycles. The van der Waals surface area contributed by atoms with E-state index in [2.05, 4.69) is 15.3 Å². The average Bonchev–Trinajstić information content (AvgIpc) is 3.05. The summed E-state index contributed by atoms with van der Waals surface area (Å²) in [6, 6.07) is 4.80. The zero-order chi connectivity index (χ0) is 20.1. The summed E-state index contributed by atoms with van der Waals surface area (Å²) in [5.74, 6) is 0.456. The van der Waals surface area contributed by atoms with Gasteiger partial charge in [-0.15, -0.1) is 11.3 Å². The lowest BCUT2D eigenvalue weighted by molar-refractivity contribution is -0.141. The number of halogens is 3. The largest absolute Gasteiger partial charge is 0.433 e. The zero-order valence-corrected chi connectivity index (χ0v) is 17.0. The van der Waals surface area contributed by atoms with E-state index in [4.69, 9.17) is 0 Å². The number of nitrogens with one attached hydrogen (secondary N) is 1. The van der Waals surface area contributed by atoms with E-state index in [9.17, 15) is 18.0 Å². The van der Waals surface area contributed by atoms with Crippen LogP contribution in [0.4, 0.5) is 13.2 Å². The van der Waals surface area contributed by atoms with Crippen LogP contribution in [0.3, 0.4) is 0 Å². The molecule has 0 aliphatic rings. The standard InChI is InChI=1S/C18H22F3N3OS2/c1-17(2,3)13-11-14(18(19,20)21)24-16(23-13)27-9-5-7-22-15(25)10-12-6-4-8-26-12/h4,6,8,11H,5,7,9-10H2,1-3H3,(H,22,25). The molecule has 0 aromatic carbocycles. The van der Waals surface area contributed by atoms with Crippen molar-refractivity contribution in [2.45, 2.75) is 50.4 Å². The molecule has 27 heavy (non-hydrogen) atoms. The van der Waals surface area contributed by atoms with Crippen LogP contribution in [0.5, 0.6) is 0 Å². The van der Waals surface area contributed by atoms with Crippen molar-refractivity contribution in [2.24, 2.45) is 0 Å². The number of nitrogens with zero attached hydrogens (tertiary/aromatic N) is 2. The Labute approximate surface area is 165 Å². The molecule has 0 atom stereocenters. The van der Waals surface area contributed by atoms with E-state index in [1.165, 1.54) is 23.1 Å². The number of rotatable bonds is 7. The first kappa shape index (κ1) is 21.7. The van der Waals surface area contributed by atoms with Crippen LogP contribution in [0, 0.1) is 0 Å². The minimum atomic E-state index is -4.51. The average molecular weight is 418 g/mol. The van der Waals surface area contributed by atoms with Crippen LogP contribution in [0.1, 0.15) is 43.5 Å². The first-order chi connectivity index (χ1) is 12.6. The molecule has 0 aliphatic heterocycles. The van der Waals surface area contributed by atoms with Crippen molar-refractivity contribution in [3.8, 4) is 0 Å². The summed E-state index contributed by atoms with van der Waals surface area (Å²) < 4.78 is 39.2. The van der Waals surface area contributed by atoms with Crippen LogP contribution in [0.15, 0.2) is 28.7 Å². The van der Waals surface area contributed by atoms with Crippen molar-refractivity contribution < 1.29 is 18.0 Å². The first-order valence-electron chi connectivity index (χ1n) is 8.44. The van der Waals surface area contributed by atoms with Crippen LogP contribution in [0.2, 0.25) is 0 Å². The Bertz CT molecular complexity index is 724. The van der Waals surface area contributed by atoms with Gasteiger partial charge in [0.1, 0.15) is 5.69 Å². The Morgan fingerprint density at radius 2 is 1.93 bits per heavy atom. The molecule has 0 radical (unpaired) electrons. The summed E-state index contributed by atoms with van der Waals surface area (Å²) in [6.45, 7) is 5.90. The molecule has 2 aromatic rings. The Morgan fingerprint density at radius 3 is 2.52 bits per heavy atom. The van der Waals surface area contributed by atoms with Gasteiger partial charge in [0.2, 0.25) is 5.91 Å². The first-order valence-corrected chi connectivity index (χ1v) is 10.3. The number of thiophene rings is 1. The van der Waals surface area contributed by atoms with E-state index < -0.39 is 17.3 Å². The summed E-state index contributed by atoms with van der Waals surface area (Å²) in [5.41, 5.74) is -1.07. The van der Waals surface area contributed by atoms with Gasteiger partial charge in [0, 0.05) is 22.6 Å². The van der Waals surface area contributed by atoms with E-state index in [-0.39, 0.29) is 11.1 Å². The van der Waals surface area contributed by atoms with Crippen molar-refractivity contribution in [2.75, 3.05) is 12.3 Å². The molecule has 4 nitrogen and oxygen atoms in total. The van der Waals surface area contributed by atoms with E-state index in [0.29, 0.717) is 30.8 Å². The summed E-state index contributed by atoms with van der Waals surface area (Å²) in [6.07, 6.45) is -3.55. The molecule has 2 heterocycles. The maximum absolute atomic E-state index is 13.1. The minimum Gasteiger partial charge on any atom is -0.356 e. The fourth-order valence-corrected chi connectivity index (χ4v) is 3.62. The lowest BCUT2D eigenvalue weighted by Gasteiger charge is -2.19. The molecule has 0 unspecified atom stereocenters. The van der Waals surface area contributed by atoms with Gasteiger partial charge in [-0.25, -0.2) is 9.97 Å². The normalized spacial score (nSPS) is 12.2. The second-order valence-electron chi connectivity index (χ2n) is 6.98. The molecule has 0 saturated heterocycles. The smallest absolute Gasteiger partial charge is 0.356 e. The Kier molecular flexibility index (Phi) is 7.27. The Hall–Kier alpha value is -1.61. The summed E-state index contributed by atoms with van der Waals surface area (Å²) in [5, 5.41) is 4.84. The zero-order valence-electron chi connectivity index (χ0n) is 15.4. The fourth-order valence-electron chi connectivity index (χ4n) is 2.12. The third-order valence-corrected chi connectivity index (χ3v) is 5.36. The molecule has 1 N–H and O–H groups in total. The molecule has 148 valence electrons. The van der Waals surface area contributed by atoms with Gasteiger partial charge in [0.15, 0.2) is 5.16 Å². The predicted octanol–water partition coefficient (Wildman–Crippen LogP) is 4.70. The van der Waals surface area contributed by atoms with Crippen LogP contribution in [-0.4, -0.2) is 28.2 Å². The Morgan fingerprint density at radius 1 is 1.22 bits per heavy atom. The van der Waals surface area contributed by atoms with Crippen LogP contribution in [-0.2, 0) is 22.8 Å². The topological polar surface area (TPSA) is 54.9 Å². The molecular weight excluding hydrogens is 395 g/mol. The molecule has 0 spiro atoms. The van der Waals surface area contributed by atoms with Gasteiger partial charge in [0.25, 0.3) is 0 Å². The molecular formula is C18H22F3N3OS2. The SMILES string of the molecule is CC(C)(C)c1cc(C(F)(F)F)nc(SCCCNC(=O)Cc2cccs2)n1. The van der Waals surface area contributed by atoms with Gasteiger partial charge in [-0.2, -0.15) is 13.2 Å². The van der Waals surface area contributed by atoms with Crippen LogP contribution < -0.4 is 5.32 Å². The second-order valence-corrected chi connectivity index (χ2v) is 9.07. The van der Waals surface area contributed by atoms with Gasteiger partial charge < -0.3 is 5.32 Å². The number of hydrogen-bond donors (Lipinski definition) is 1. The van der Waals surface area contributed by atoms with Crippen molar-refractivity contribution in [1.82, 2.24) is 15.3 Å². The number of aromatic nitrogens is 2. The van der Waals surface area contributed by atoms with E-state index in [0.717, 1.165) is 10.9 Å². The monoisotopic (exact) mass is 417 g/mol. The highest BCUT2D eigenvalue weighted by Crippen LogP contribution is 2.32. The van der Waals surface area contributed by atoms with E-state index in [1.54, 1.807) is 0 Å². The molecule has 9 heteroatoms. The van der Waals surface area contributed by atoms with Gasteiger partial charge in [0.05, 0.1) is 12.1 Å². The highest BCUT2D eigenvalue weighted by molar-refractivity contribution is 7.99. The van der Waals surface area contributed by atoms with Crippen molar-refractivity contribution in [1.29, 1.82) is 0 Å². The lowest BCUT2D eigenvalue weighted by Crippen LogP contribution is -2.26. The van der Waals surface area contributed by atoms with Gasteiger partial charge >= 0.3 is 6.18 Å². The highest BCUT2D eigenvalue weighted by Gasteiger charge is 2.34. The van der Waals surface area contributed by atoms with Crippen LogP contribution in [0.25, 0.3) is 0 Å². The molecule has 0 bridgehead atoms. The molecule has 1 amide bonds. The number of carbonyl (C=O) groups excluding carboxylic acids is 1. The van der Waals surface area contributed by atoms with Gasteiger partial charge in [-0.05, 0) is 23.9 Å². The quantitative estimate of drug-likeness (QED) is 0.403. The van der Waals surface area contributed by atoms with Crippen LogP contribution >= 0.6 is 23.1 Å². The second kappa shape index (κ2) is 9.05. The summed E-state index contributed by atoms with van der Waals surface area (Å²) >= 11 is 2.69. The molecule has 2 rings (SSSR count). The van der Waals surface area contributed by atoms with Gasteiger partial charge in [-0.3, -0.25) is 4.79 Å². The maximum Gasteiger partial charge on any atom is 0.433 e. The number of amides is 1. The minimum absolute atomic E-state index is 0.0622. The maximum atomic E-state index is 13.1. The van der Waals surface area contributed by atoms with Crippen molar-refractivity contribution in [3.63, 3.8) is 0 Å². The van der Waals surface area contributed by atoms with Crippen molar-refractivity contribution >= 4 is 29.0 Å². The molecule has 0 aliphatic carbocycles. The summed E-state index contributed by atoms with van der Waals surface area (Å²) in [7, 11) is 0. The van der Waals surface area contributed by atoms with E-state index >= 15 is 0 Å². The third kappa shape index (κ3) is 7.14. The molecule has 2 aromatic heterocycles.